The van der Waals surface area contributed by atoms with E-state index >= 15 is 0 Å². The molecule has 0 bridgehead atoms. The molecule has 0 aliphatic heterocycles. The molecule has 17 heteroatoms. The summed E-state index contributed by atoms with van der Waals surface area (Å²) in [6.07, 6.45) is -0.992. The highest BCUT2D eigenvalue weighted by atomic mass is 32.2. The smallest absolute Gasteiger partial charge is 0.408 e. The molecule has 2 aromatic carbocycles. The second-order valence-electron chi connectivity index (χ2n) is 9.29. The highest BCUT2D eigenvalue weighted by molar-refractivity contribution is 7.90. The third-order valence-electron chi connectivity index (χ3n) is 5.70. The maximum absolute atomic E-state index is 12.8. The second kappa shape index (κ2) is 20.7. The zero-order chi connectivity index (χ0) is 32.9. The SMILES string of the molecule is NC(N)=NCCC[C@H](NC(=O)OCc1ccccc1)C(=O)OSOC(=O)[C@H](CCCN=C(N)N)NC(=O)OCc1ccccc1. The molecular weight excluding hydrogens is 608 g/mol. The fourth-order valence-electron chi connectivity index (χ4n) is 3.52. The number of carbonyl (C=O) groups excluding carboxylic acids is 4. The van der Waals surface area contributed by atoms with Crippen LogP contribution in [0.15, 0.2) is 70.6 Å². The molecule has 2 rings (SSSR count). The molecule has 2 amide bonds. The molecular formula is C28H38N8O8S. The number of nitrogens with one attached hydrogen (secondary N) is 2. The first-order valence-corrected chi connectivity index (χ1v) is 14.4. The van der Waals surface area contributed by atoms with Crippen LogP contribution in [-0.4, -0.2) is 61.2 Å². The zero-order valence-electron chi connectivity index (χ0n) is 24.5. The van der Waals surface area contributed by atoms with Crippen LogP contribution in [0.25, 0.3) is 0 Å². The van der Waals surface area contributed by atoms with Gasteiger partial charge in [0, 0.05) is 13.1 Å². The standard InChI is InChI=1S/C28H38N8O8S/c29-25(30)33-15-7-13-21(35-27(39)41-17-19-9-3-1-4-10-19)23(37)43-45-44-24(38)22(14-8-16-34-26(31)32)36-28(40)42-18-20-11-5-2-6-12-20/h1-6,9-12,21-22H,7-8,13-18H2,(H,35,39)(H,36,40)(H4,29,30,33)(H4,31,32,34)/t21-,22-/m0/s1. The van der Waals surface area contributed by atoms with Gasteiger partial charge in [-0.05, 0) is 36.8 Å². The Bertz CT molecular complexity index is 1180. The molecule has 0 heterocycles. The summed E-state index contributed by atoms with van der Waals surface area (Å²) in [7, 11) is 0. The van der Waals surface area contributed by atoms with E-state index in [1.54, 1.807) is 48.5 Å². The minimum atomic E-state index is -1.19. The quantitative estimate of drug-likeness (QED) is 0.0579. The average Bonchev–Trinajstić information content (AvgIpc) is 3.02. The van der Waals surface area contributed by atoms with Gasteiger partial charge < -0.3 is 51.4 Å². The van der Waals surface area contributed by atoms with E-state index in [0.29, 0.717) is 12.8 Å². The molecule has 2 aromatic rings. The van der Waals surface area contributed by atoms with Crippen molar-refractivity contribution in [1.29, 1.82) is 0 Å². The summed E-state index contributed by atoms with van der Waals surface area (Å²) in [5.41, 5.74) is 22.8. The number of hydrogen-bond donors (Lipinski definition) is 6. The van der Waals surface area contributed by atoms with Crippen LogP contribution in [0.5, 0.6) is 0 Å². The number of nitrogens with zero attached hydrogens (tertiary/aromatic N) is 2. The highest BCUT2D eigenvalue weighted by Gasteiger charge is 2.27. The maximum Gasteiger partial charge on any atom is 0.408 e. The monoisotopic (exact) mass is 646 g/mol. The number of rotatable bonds is 18. The molecule has 0 radical (unpaired) electrons. The van der Waals surface area contributed by atoms with Crippen molar-refractivity contribution in [3.05, 3.63) is 71.8 Å². The van der Waals surface area contributed by atoms with E-state index in [2.05, 4.69) is 20.6 Å². The minimum Gasteiger partial charge on any atom is -0.445 e. The number of alkyl carbamates (subject to hydrolysis) is 2. The Morgan fingerprint density at radius 1 is 0.644 bits per heavy atom. The maximum atomic E-state index is 12.8. The van der Waals surface area contributed by atoms with Crippen LogP contribution in [0.3, 0.4) is 0 Å². The van der Waals surface area contributed by atoms with E-state index in [9.17, 15) is 19.2 Å². The molecule has 10 N–H and O–H groups in total. The fraction of sp³-hybridized carbons (Fsp3) is 0.357. The lowest BCUT2D eigenvalue weighted by molar-refractivity contribution is -0.138. The topological polar surface area (TPSA) is 258 Å². The van der Waals surface area contributed by atoms with Crippen molar-refractivity contribution >= 4 is 48.4 Å². The van der Waals surface area contributed by atoms with Gasteiger partial charge in [0.25, 0.3) is 12.3 Å². The van der Waals surface area contributed by atoms with Crippen LogP contribution in [0.1, 0.15) is 36.8 Å². The van der Waals surface area contributed by atoms with Crippen LogP contribution in [0.4, 0.5) is 9.59 Å². The summed E-state index contributed by atoms with van der Waals surface area (Å²) in [5.74, 6) is -2.13. The second-order valence-corrected chi connectivity index (χ2v) is 9.76. The van der Waals surface area contributed by atoms with Gasteiger partial charge in [-0.25, -0.2) is 19.2 Å². The Morgan fingerprint density at radius 3 is 1.38 bits per heavy atom. The Kier molecular flexibility index (Phi) is 16.5. The number of benzene rings is 2. The Hall–Kier alpha value is -5.19. The van der Waals surface area contributed by atoms with E-state index in [-0.39, 0.29) is 63.4 Å². The van der Waals surface area contributed by atoms with Crippen molar-refractivity contribution in [2.45, 2.75) is 51.0 Å². The number of guanidine groups is 2. The van der Waals surface area contributed by atoms with E-state index < -0.39 is 36.2 Å². The lowest BCUT2D eigenvalue weighted by atomic mass is 10.1. The molecule has 0 spiro atoms. The van der Waals surface area contributed by atoms with Gasteiger partial charge in [0.05, 0.1) is 0 Å². The number of aliphatic imine (C=N–C) groups is 2. The van der Waals surface area contributed by atoms with Crippen molar-refractivity contribution < 1.29 is 37.0 Å². The van der Waals surface area contributed by atoms with Crippen molar-refractivity contribution in [3.63, 3.8) is 0 Å². The lowest BCUT2D eigenvalue weighted by Gasteiger charge is -2.18. The van der Waals surface area contributed by atoms with E-state index in [0.717, 1.165) is 11.1 Å². The molecule has 16 nitrogen and oxygen atoms in total. The molecule has 0 unspecified atom stereocenters. The summed E-state index contributed by atoms with van der Waals surface area (Å²) in [4.78, 5) is 58.0. The zero-order valence-corrected chi connectivity index (χ0v) is 25.3. The summed E-state index contributed by atoms with van der Waals surface area (Å²) < 4.78 is 20.4. The number of carbonyl (C=O) groups is 4. The minimum absolute atomic E-state index is 0.0276. The first kappa shape index (κ1) is 36.0. The number of amides is 2. The average molecular weight is 647 g/mol. The molecule has 45 heavy (non-hydrogen) atoms. The van der Waals surface area contributed by atoms with Gasteiger partial charge >= 0.3 is 24.1 Å². The number of hydrogen-bond acceptors (Lipinski definition) is 11. The van der Waals surface area contributed by atoms with Gasteiger partial charge in [-0.2, -0.15) is 0 Å². The first-order valence-electron chi connectivity index (χ1n) is 13.8. The number of nitrogens with two attached hydrogens (primary N) is 4. The first-order chi connectivity index (χ1) is 21.6. The van der Waals surface area contributed by atoms with Gasteiger partial charge in [0.15, 0.2) is 11.9 Å². The van der Waals surface area contributed by atoms with Crippen molar-refractivity contribution in [1.82, 2.24) is 10.6 Å². The molecule has 0 aliphatic rings. The Morgan fingerprint density at radius 2 is 1.02 bits per heavy atom. The van der Waals surface area contributed by atoms with Gasteiger partial charge in [0.2, 0.25) is 0 Å². The number of ether oxygens (including phenoxy) is 2. The lowest BCUT2D eigenvalue weighted by Crippen LogP contribution is -2.42. The molecule has 0 aromatic heterocycles. The van der Waals surface area contributed by atoms with Crippen molar-refractivity contribution in [2.24, 2.45) is 32.9 Å². The fourth-order valence-corrected chi connectivity index (χ4v) is 3.92. The Balaban J connectivity index is 1.93. The van der Waals surface area contributed by atoms with Gasteiger partial charge in [-0.1, -0.05) is 60.7 Å². The predicted molar refractivity (Wildman–Crippen MR) is 167 cm³/mol. The third kappa shape index (κ3) is 16.3. The van der Waals surface area contributed by atoms with E-state index in [4.69, 9.17) is 40.8 Å². The molecule has 0 aliphatic carbocycles. The normalized spacial score (nSPS) is 11.6. The molecule has 0 saturated heterocycles. The summed E-state index contributed by atoms with van der Waals surface area (Å²) >= 11 is 0.0705. The predicted octanol–water partition coefficient (Wildman–Crippen LogP) is 1.33. The largest absolute Gasteiger partial charge is 0.445 e. The molecule has 2 atom stereocenters. The van der Waals surface area contributed by atoms with E-state index in [1.165, 1.54) is 0 Å². The van der Waals surface area contributed by atoms with Gasteiger partial charge in [0.1, 0.15) is 25.3 Å². The molecule has 0 saturated carbocycles. The van der Waals surface area contributed by atoms with Crippen LogP contribution >= 0.6 is 12.3 Å². The van der Waals surface area contributed by atoms with Crippen LogP contribution in [0, 0.1) is 0 Å². The molecule has 0 fully saturated rings. The molecule has 244 valence electrons. The van der Waals surface area contributed by atoms with Gasteiger partial charge in [-0.3, -0.25) is 9.98 Å². The van der Waals surface area contributed by atoms with Gasteiger partial charge in [-0.15, -0.1) is 0 Å². The van der Waals surface area contributed by atoms with Crippen LogP contribution in [0.2, 0.25) is 0 Å². The van der Waals surface area contributed by atoms with Crippen LogP contribution < -0.4 is 33.6 Å². The van der Waals surface area contributed by atoms with Crippen molar-refractivity contribution in [2.75, 3.05) is 13.1 Å². The summed E-state index contributed by atoms with van der Waals surface area (Å²) in [6.45, 7) is 0.311. The van der Waals surface area contributed by atoms with Crippen LogP contribution in [-0.2, 0) is 40.6 Å². The Labute approximate surface area is 264 Å². The summed E-state index contributed by atoms with van der Waals surface area (Å²) in [5, 5.41) is 4.85. The summed E-state index contributed by atoms with van der Waals surface area (Å²) in [6, 6.07) is 15.5. The highest BCUT2D eigenvalue weighted by Crippen LogP contribution is 2.14. The van der Waals surface area contributed by atoms with E-state index in [1.807, 2.05) is 12.1 Å². The third-order valence-corrected chi connectivity index (χ3v) is 6.17. The van der Waals surface area contributed by atoms with Crippen molar-refractivity contribution in [3.8, 4) is 0 Å².